The van der Waals surface area contributed by atoms with Gasteiger partial charge in [-0.25, -0.2) is 0 Å². The van der Waals surface area contributed by atoms with E-state index in [4.69, 9.17) is 18.0 Å². The first-order chi connectivity index (χ1) is 9.58. The lowest BCUT2D eigenvalue weighted by molar-refractivity contribution is 0.852. The molecular formula is C16H19N3S. The number of rotatable bonds is 5. The highest BCUT2D eigenvalue weighted by molar-refractivity contribution is 7.80. The fourth-order valence-electron chi connectivity index (χ4n) is 2.13. The van der Waals surface area contributed by atoms with Crippen molar-refractivity contribution >= 4 is 22.9 Å². The molecule has 1 aromatic carbocycles. The molecule has 0 aliphatic carbocycles. The lowest BCUT2D eigenvalue weighted by Crippen LogP contribution is -2.24. The second kappa shape index (κ2) is 6.48. The average Bonchev–Trinajstić information content (AvgIpc) is 2.45. The van der Waals surface area contributed by atoms with Crippen LogP contribution in [0.2, 0.25) is 0 Å². The molecule has 20 heavy (non-hydrogen) atoms. The van der Waals surface area contributed by atoms with Crippen LogP contribution in [0.5, 0.6) is 0 Å². The molecule has 0 saturated carbocycles. The minimum absolute atomic E-state index is 0.438. The Morgan fingerprint density at radius 2 is 2.10 bits per heavy atom. The van der Waals surface area contributed by atoms with E-state index >= 15 is 0 Å². The van der Waals surface area contributed by atoms with E-state index in [9.17, 15) is 0 Å². The van der Waals surface area contributed by atoms with Gasteiger partial charge in [0.05, 0.1) is 0 Å². The molecule has 0 aliphatic rings. The monoisotopic (exact) mass is 285 g/mol. The molecule has 4 heteroatoms. The van der Waals surface area contributed by atoms with Gasteiger partial charge in [-0.2, -0.15) is 0 Å². The van der Waals surface area contributed by atoms with Crippen LogP contribution < -0.4 is 10.6 Å². The molecular weight excluding hydrogens is 266 g/mol. The molecule has 104 valence electrons. The van der Waals surface area contributed by atoms with Crippen LogP contribution in [-0.4, -0.2) is 23.6 Å². The van der Waals surface area contributed by atoms with Gasteiger partial charge in [-0.05, 0) is 31.2 Å². The Balaban J connectivity index is 2.13. The van der Waals surface area contributed by atoms with Crippen LogP contribution in [0.25, 0.3) is 0 Å². The normalized spacial score (nSPS) is 10.3. The summed E-state index contributed by atoms with van der Waals surface area (Å²) in [6, 6.07) is 12.2. The lowest BCUT2D eigenvalue weighted by atomic mass is 10.1. The molecule has 2 aromatic rings. The number of thiocarbonyl (C=S) groups is 1. The second-order valence-corrected chi connectivity index (χ2v) is 5.32. The summed E-state index contributed by atoms with van der Waals surface area (Å²) in [5.41, 5.74) is 10.1. The van der Waals surface area contributed by atoms with Crippen molar-refractivity contribution in [2.24, 2.45) is 5.73 Å². The summed E-state index contributed by atoms with van der Waals surface area (Å²) in [7, 11) is 2.05. The molecule has 2 N–H and O–H groups in total. The van der Waals surface area contributed by atoms with Gasteiger partial charge in [0.1, 0.15) is 4.99 Å². The first-order valence-electron chi connectivity index (χ1n) is 6.59. The van der Waals surface area contributed by atoms with Crippen molar-refractivity contribution in [3.05, 3.63) is 59.4 Å². The fraction of sp³-hybridized carbons (Fsp3) is 0.250. The van der Waals surface area contributed by atoms with E-state index < -0.39 is 0 Å². The van der Waals surface area contributed by atoms with E-state index in [1.54, 1.807) is 0 Å². The Morgan fingerprint density at radius 1 is 1.30 bits per heavy atom. The maximum Gasteiger partial charge on any atom is 0.106 e. The van der Waals surface area contributed by atoms with Crippen molar-refractivity contribution in [1.29, 1.82) is 0 Å². The van der Waals surface area contributed by atoms with Crippen LogP contribution in [0, 0.1) is 6.92 Å². The van der Waals surface area contributed by atoms with Gasteiger partial charge in [0.2, 0.25) is 0 Å². The minimum atomic E-state index is 0.438. The summed E-state index contributed by atoms with van der Waals surface area (Å²) in [4.78, 5) is 6.95. The molecule has 0 atom stereocenters. The molecule has 1 aromatic heterocycles. The Kier molecular flexibility index (Phi) is 4.69. The standard InChI is InChI=1S/C16H19N3S/c1-12-6-7-15(14(11-12)16(17)20)19(2)10-8-13-5-3-4-9-18-13/h3-7,9,11H,8,10H2,1-2H3,(H2,17,20). The van der Waals surface area contributed by atoms with Crippen LogP contribution in [0.4, 0.5) is 5.69 Å². The van der Waals surface area contributed by atoms with E-state index in [-0.39, 0.29) is 0 Å². The molecule has 3 nitrogen and oxygen atoms in total. The first kappa shape index (κ1) is 14.5. The predicted octanol–water partition coefficient (Wildman–Crippen LogP) is 2.70. The smallest absolute Gasteiger partial charge is 0.106 e. The lowest BCUT2D eigenvalue weighted by Gasteiger charge is -2.22. The average molecular weight is 285 g/mol. The molecule has 0 unspecified atom stereocenters. The number of likely N-dealkylation sites (N-methyl/N-ethyl adjacent to an activating group) is 1. The van der Waals surface area contributed by atoms with Gasteiger partial charge in [-0.3, -0.25) is 4.98 Å². The highest BCUT2D eigenvalue weighted by Crippen LogP contribution is 2.21. The summed E-state index contributed by atoms with van der Waals surface area (Å²) in [6.07, 6.45) is 2.71. The minimum Gasteiger partial charge on any atom is -0.389 e. The number of anilines is 1. The number of benzene rings is 1. The van der Waals surface area contributed by atoms with Crippen LogP contribution in [0.1, 0.15) is 16.8 Å². The van der Waals surface area contributed by atoms with Gasteiger partial charge in [-0.15, -0.1) is 0 Å². The fourth-order valence-corrected chi connectivity index (χ4v) is 2.29. The Labute approximate surface area is 125 Å². The maximum atomic E-state index is 5.82. The van der Waals surface area contributed by atoms with Gasteiger partial charge in [0.25, 0.3) is 0 Å². The van der Waals surface area contributed by atoms with E-state index in [1.165, 1.54) is 0 Å². The van der Waals surface area contributed by atoms with Crippen LogP contribution in [-0.2, 0) is 6.42 Å². The Hall–Kier alpha value is -1.94. The summed E-state index contributed by atoms with van der Waals surface area (Å²) < 4.78 is 0. The predicted molar refractivity (Wildman–Crippen MR) is 88.3 cm³/mol. The summed E-state index contributed by atoms with van der Waals surface area (Å²) in [5, 5.41) is 0. The molecule has 1 heterocycles. The number of hydrogen-bond acceptors (Lipinski definition) is 3. The third-order valence-corrected chi connectivity index (χ3v) is 3.48. The van der Waals surface area contributed by atoms with Crippen molar-refractivity contribution in [1.82, 2.24) is 4.98 Å². The third-order valence-electron chi connectivity index (χ3n) is 3.26. The van der Waals surface area contributed by atoms with Crippen molar-refractivity contribution < 1.29 is 0 Å². The topological polar surface area (TPSA) is 42.2 Å². The van der Waals surface area contributed by atoms with E-state index in [1.807, 2.05) is 37.4 Å². The van der Waals surface area contributed by atoms with E-state index in [2.05, 4.69) is 29.1 Å². The largest absolute Gasteiger partial charge is 0.389 e. The van der Waals surface area contributed by atoms with Gasteiger partial charge in [0, 0.05) is 43.2 Å². The Morgan fingerprint density at radius 3 is 2.75 bits per heavy atom. The Bertz CT molecular complexity index is 596. The molecule has 2 rings (SSSR count). The van der Waals surface area contributed by atoms with Crippen molar-refractivity contribution in [3.63, 3.8) is 0 Å². The van der Waals surface area contributed by atoms with E-state index in [0.29, 0.717) is 4.99 Å². The van der Waals surface area contributed by atoms with Gasteiger partial charge >= 0.3 is 0 Å². The molecule has 0 amide bonds. The highest BCUT2D eigenvalue weighted by Gasteiger charge is 2.10. The van der Waals surface area contributed by atoms with Crippen molar-refractivity contribution in [3.8, 4) is 0 Å². The zero-order valence-corrected chi connectivity index (χ0v) is 12.7. The molecule has 0 aliphatic heterocycles. The summed E-state index contributed by atoms with van der Waals surface area (Å²) >= 11 is 5.14. The number of aromatic nitrogens is 1. The quantitative estimate of drug-likeness (QED) is 0.858. The van der Waals surface area contributed by atoms with Crippen molar-refractivity contribution in [2.75, 3.05) is 18.5 Å². The number of nitrogens with two attached hydrogens (primary N) is 1. The molecule has 0 radical (unpaired) electrons. The van der Waals surface area contributed by atoms with Gasteiger partial charge < -0.3 is 10.6 Å². The number of aryl methyl sites for hydroxylation is 1. The van der Waals surface area contributed by atoms with Gasteiger partial charge in [0.15, 0.2) is 0 Å². The van der Waals surface area contributed by atoms with Gasteiger partial charge in [-0.1, -0.05) is 29.9 Å². The van der Waals surface area contributed by atoms with Crippen LogP contribution in [0.15, 0.2) is 42.6 Å². The van der Waals surface area contributed by atoms with E-state index in [0.717, 1.165) is 35.5 Å². The zero-order valence-electron chi connectivity index (χ0n) is 11.8. The SMILES string of the molecule is Cc1ccc(N(C)CCc2ccccn2)c(C(N)=S)c1. The maximum absolute atomic E-state index is 5.82. The zero-order chi connectivity index (χ0) is 14.5. The molecule has 0 spiro atoms. The summed E-state index contributed by atoms with van der Waals surface area (Å²) in [5.74, 6) is 0. The third kappa shape index (κ3) is 3.54. The number of hydrogen-bond donors (Lipinski definition) is 1. The molecule has 0 fully saturated rings. The second-order valence-electron chi connectivity index (χ2n) is 4.88. The van der Waals surface area contributed by atoms with Crippen molar-refractivity contribution in [2.45, 2.75) is 13.3 Å². The molecule has 0 bridgehead atoms. The van der Waals surface area contributed by atoms with Crippen LogP contribution >= 0.6 is 12.2 Å². The summed E-state index contributed by atoms with van der Waals surface area (Å²) in [6.45, 7) is 2.91. The number of nitrogens with zero attached hydrogens (tertiary/aromatic N) is 2. The number of pyridine rings is 1. The van der Waals surface area contributed by atoms with Crippen LogP contribution in [0.3, 0.4) is 0 Å². The first-order valence-corrected chi connectivity index (χ1v) is 7.00. The highest BCUT2D eigenvalue weighted by atomic mass is 32.1. The molecule has 0 saturated heterocycles.